The van der Waals surface area contributed by atoms with Crippen LogP contribution in [0.1, 0.15) is 96.8 Å². The fourth-order valence-electron chi connectivity index (χ4n) is 5.31. The summed E-state index contributed by atoms with van der Waals surface area (Å²) in [6.45, 7) is -0.151. The molecule has 2 aliphatic heterocycles. The van der Waals surface area contributed by atoms with E-state index in [-0.39, 0.29) is 6.42 Å². The third kappa shape index (κ3) is 11.1. The molecule has 12 heteroatoms. The average molecular weight is 607 g/mol. The molecule has 0 amide bonds. The first-order valence-corrected chi connectivity index (χ1v) is 15.6. The summed E-state index contributed by atoms with van der Waals surface area (Å²) in [6.07, 6.45) is 6.28. The molecule has 42 heavy (non-hydrogen) atoms. The van der Waals surface area contributed by atoms with Gasteiger partial charge in [0.25, 0.3) is 0 Å². The maximum atomic E-state index is 12.6. The smallest absolute Gasteiger partial charge is 0.306 e. The lowest BCUT2D eigenvalue weighted by atomic mass is 9.99. The predicted molar refractivity (Wildman–Crippen MR) is 152 cm³/mol. The second-order valence-corrected chi connectivity index (χ2v) is 11.4. The molecule has 0 unspecified atom stereocenters. The highest BCUT2D eigenvalue weighted by atomic mass is 16.8. The van der Waals surface area contributed by atoms with Crippen molar-refractivity contribution >= 4 is 5.97 Å². The van der Waals surface area contributed by atoms with Crippen LogP contribution in [0.15, 0.2) is 12.2 Å². The van der Waals surface area contributed by atoms with Crippen molar-refractivity contribution in [1.29, 1.82) is 0 Å². The topological polar surface area (TPSA) is 196 Å². The van der Waals surface area contributed by atoms with Gasteiger partial charge in [0.2, 0.25) is 5.79 Å². The summed E-state index contributed by atoms with van der Waals surface area (Å²) in [6, 6.07) is 0. The zero-order chi connectivity index (χ0) is 31.0. The third-order valence-electron chi connectivity index (χ3n) is 7.94. The van der Waals surface area contributed by atoms with Gasteiger partial charge in [0.15, 0.2) is 12.4 Å². The van der Waals surface area contributed by atoms with E-state index in [0.29, 0.717) is 6.42 Å². The monoisotopic (exact) mass is 606 g/mol. The lowest BCUT2D eigenvalue weighted by molar-refractivity contribution is -0.383. The highest BCUT2D eigenvalue weighted by Crippen LogP contribution is 2.38. The van der Waals surface area contributed by atoms with E-state index >= 15 is 0 Å². The first-order valence-electron chi connectivity index (χ1n) is 15.6. The quantitative estimate of drug-likeness (QED) is 0.0561. The van der Waals surface area contributed by atoms with Crippen LogP contribution < -0.4 is 0 Å². The van der Waals surface area contributed by atoms with Crippen molar-refractivity contribution in [3.63, 3.8) is 0 Å². The highest BCUT2D eigenvalue weighted by Gasteiger charge is 2.60. The fraction of sp³-hybridized carbons (Fsp3) is 0.900. The predicted octanol–water partition coefficient (Wildman–Crippen LogP) is 1.19. The van der Waals surface area contributed by atoms with Crippen LogP contribution in [0.2, 0.25) is 0 Å². The molecular weight excluding hydrogens is 552 g/mol. The summed E-state index contributed by atoms with van der Waals surface area (Å²) in [7, 11) is 0. The van der Waals surface area contributed by atoms with Crippen LogP contribution in [0.3, 0.4) is 0 Å². The molecule has 246 valence electrons. The molecule has 0 aromatic heterocycles. The van der Waals surface area contributed by atoms with Crippen molar-refractivity contribution in [2.45, 2.75) is 152 Å². The van der Waals surface area contributed by atoms with Crippen LogP contribution >= 0.6 is 0 Å². The molecule has 0 bridgehead atoms. The van der Waals surface area contributed by atoms with Gasteiger partial charge in [-0.2, -0.15) is 0 Å². The summed E-state index contributed by atoms with van der Waals surface area (Å²) in [5, 5.41) is 70.3. The van der Waals surface area contributed by atoms with Gasteiger partial charge >= 0.3 is 5.97 Å². The molecule has 0 aromatic rings. The number of ether oxygens (including phenoxy) is 4. The fourth-order valence-corrected chi connectivity index (χ4v) is 5.31. The number of hydrogen-bond acceptors (Lipinski definition) is 12. The Labute approximate surface area is 249 Å². The van der Waals surface area contributed by atoms with Gasteiger partial charge < -0.3 is 54.7 Å². The molecule has 12 nitrogen and oxygen atoms in total. The number of aliphatic hydroxyl groups excluding tert-OH is 7. The van der Waals surface area contributed by atoms with Crippen LogP contribution in [0, 0.1) is 0 Å². The van der Waals surface area contributed by atoms with Crippen molar-refractivity contribution in [2.75, 3.05) is 19.8 Å². The lowest BCUT2D eigenvalue weighted by Crippen LogP contribution is -2.63. The number of hydrogen-bond donors (Lipinski definition) is 7. The van der Waals surface area contributed by atoms with Crippen molar-refractivity contribution in [3.8, 4) is 0 Å². The molecule has 0 saturated carbocycles. The van der Waals surface area contributed by atoms with Crippen molar-refractivity contribution in [2.24, 2.45) is 0 Å². The van der Waals surface area contributed by atoms with Gasteiger partial charge in [-0.1, -0.05) is 70.4 Å². The molecule has 0 spiro atoms. The minimum absolute atomic E-state index is 0.0483. The van der Waals surface area contributed by atoms with Crippen molar-refractivity contribution in [1.82, 2.24) is 0 Å². The Balaban J connectivity index is 1.76. The Kier molecular flexibility index (Phi) is 17.6. The minimum atomic E-state index is -2.25. The zero-order valence-corrected chi connectivity index (χ0v) is 25.0. The van der Waals surface area contributed by atoms with E-state index in [0.717, 1.165) is 38.5 Å². The lowest BCUT2D eigenvalue weighted by Gasteiger charge is -2.43. The standard InChI is InChI=1S/C30H54O12/c1-2-3-4-5-6-7-8-9-10-11-12-13-14-15-16-17-23(34)40-28-25(36)22(19-32)41-30(28,20-33)42-29-27(38)26(37)24(35)21(18-31)39-29/h9-10,21-22,24-29,31-33,35-38H,2-8,11-20H2,1H3/b10-9+/t21-,22-,24-,25-,26+,27-,28+,29-,30+/m1/s1. The van der Waals surface area contributed by atoms with Gasteiger partial charge in [-0.25, -0.2) is 0 Å². The summed E-state index contributed by atoms with van der Waals surface area (Å²) < 4.78 is 21.9. The summed E-state index contributed by atoms with van der Waals surface area (Å²) >= 11 is 0. The second kappa shape index (κ2) is 20.0. The Bertz CT molecular complexity index is 765. The molecule has 0 radical (unpaired) electrons. The normalized spacial score (nSPS) is 33.4. The van der Waals surface area contributed by atoms with Gasteiger partial charge in [-0.3, -0.25) is 4.79 Å². The summed E-state index contributed by atoms with van der Waals surface area (Å²) in [4.78, 5) is 12.6. The molecule has 2 rings (SSSR count). The van der Waals surface area contributed by atoms with E-state index in [1.807, 2.05) is 0 Å². The number of rotatable bonds is 21. The minimum Gasteiger partial charge on any atom is -0.454 e. The van der Waals surface area contributed by atoms with Crippen LogP contribution in [0.4, 0.5) is 0 Å². The molecule has 2 fully saturated rings. The van der Waals surface area contributed by atoms with E-state index in [1.54, 1.807) is 0 Å². The van der Waals surface area contributed by atoms with E-state index in [4.69, 9.17) is 18.9 Å². The Morgan fingerprint density at radius 2 is 1.31 bits per heavy atom. The maximum absolute atomic E-state index is 12.6. The number of carbonyl (C=O) groups is 1. The maximum Gasteiger partial charge on any atom is 0.306 e. The number of carbonyl (C=O) groups excluding carboxylic acids is 1. The van der Waals surface area contributed by atoms with Crippen LogP contribution in [-0.2, 0) is 23.7 Å². The first-order chi connectivity index (χ1) is 20.2. The number of unbranched alkanes of at least 4 members (excludes halogenated alkanes) is 11. The number of esters is 1. The SMILES string of the molecule is CCCCCCCC/C=C/CCCCCCCC(=O)O[C@H]1[C@H](O)[C@@H](CO)O[C@@]1(CO)O[C@H]1O[C@H](CO)[C@@H](O)[C@H](O)[C@H]1O. The molecule has 2 heterocycles. The molecule has 7 N–H and O–H groups in total. The first kappa shape index (κ1) is 37.0. The third-order valence-corrected chi connectivity index (χ3v) is 7.94. The van der Waals surface area contributed by atoms with Crippen molar-refractivity contribution < 1.29 is 59.5 Å². The van der Waals surface area contributed by atoms with Crippen LogP contribution in [0.25, 0.3) is 0 Å². The van der Waals surface area contributed by atoms with Gasteiger partial charge in [-0.15, -0.1) is 0 Å². The highest BCUT2D eigenvalue weighted by molar-refractivity contribution is 5.69. The largest absolute Gasteiger partial charge is 0.454 e. The Morgan fingerprint density at radius 3 is 1.88 bits per heavy atom. The molecule has 2 saturated heterocycles. The van der Waals surface area contributed by atoms with Crippen LogP contribution in [-0.4, -0.2) is 116 Å². The average Bonchev–Trinajstić information content (AvgIpc) is 3.25. The van der Waals surface area contributed by atoms with Gasteiger partial charge in [0.05, 0.1) is 13.2 Å². The Morgan fingerprint density at radius 1 is 0.738 bits per heavy atom. The van der Waals surface area contributed by atoms with Crippen LogP contribution in [0.5, 0.6) is 0 Å². The Hall–Kier alpha value is -1.19. The van der Waals surface area contributed by atoms with Gasteiger partial charge in [0, 0.05) is 6.42 Å². The molecule has 2 aliphatic rings. The van der Waals surface area contributed by atoms with E-state index < -0.39 is 80.6 Å². The van der Waals surface area contributed by atoms with Gasteiger partial charge in [-0.05, 0) is 32.1 Å². The number of allylic oxidation sites excluding steroid dienone is 2. The zero-order valence-electron chi connectivity index (χ0n) is 25.0. The molecule has 0 aliphatic carbocycles. The van der Waals surface area contributed by atoms with Gasteiger partial charge in [0.1, 0.15) is 43.2 Å². The summed E-state index contributed by atoms with van der Waals surface area (Å²) in [5.74, 6) is -2.92. The van der Waals surface area contributed by atoms with Crippen molar-refractivity contribution in [3.05, 3.63) is 12.2 Å². The summed E-state index contributed by atoms with van der Waals surface area (Å²) in [5.41, 5.74) is 0. The van der Waals surface area contributed by atoms with E-state index in [2.05, 4.69) is 19.1 Å². The molecule has 0 aromatic carbocycles. The number of aliphatic hydroxyl groups is 7. The van der Waals surface area contributed by atoms with E-state index in [1.165, 1.54) is 38.5 Å². The van der Waals surface area contributed by atoms with E-state index in [9.17, 15) is 40.5 Å². The molecular formula is C30H54O12. The molecule has 9 atom stereocenters. The second-order valence-electron chi connectivity index (χ2n) is 11.4.